The molecule has 4 aromatic rings. The van der Waals surface area contributed by atoms with Gasteiger partial charge in [-0.1, -0.05) is 27.5 Å². The van der Waals surface area contributed by atoms with Crippen molar-refractivity contribution >= 4 is 50.1 Å². The fourth-order valence-electron chi connectivity index (χ4n) is 2.53. The molecule has 0 unspecified atom stereocenters. The summed E-state index contributed by atoms with van der Waals surface area (Å²) >= 11 is 9.38. The maximum Gasteiger partial charge on any atom is 0.349 e. The molecule has 0 saturated carbocycles. The summed E-state index contributed by atoms with van der Waals surface area (Å²) in [6.07, 6.45) is 0. The average molecular weight is 447 g/mol. The maximum absolute atomic E-state index is 12.7. The number of amides is 1. The number of halogens is 2. The normalized spacial score (nSPS) is 10.9. The molecule has 0 fully saturated rings. The standard InChI is InChI=1S/C17H9BrClN5O3/c18-9-1-4-14-8(5-9)6-12(17(26)27-14)16(25)20-13-7-10(19)2-3-11(13)15-21-23-24-22-15/h1-7H,(H,20,25)(H,21,22,23,24). The molecule has 1 amide bonds. The van der Waals surface area contributed by atoms with E-state index < -0.39 is 11.5 Å². The summed E-state index contributed by atoms with van der Waals surface area (Å²) in [5, 5.41) is 17.3. The first-order valence-corrected chi connectivity index (χ1v) is 8.76. The van der Waals surface area contributed by atoms with Crippen LogP contribution in [0.15, 0.2) is 56.1 Å². The van der Waals surface area contributed by atoms with E-state index in [0.717, 1.165) is 4.47 Å². The van der Waals surface area contributed by atoms with Gasteiger partial charge in [-0.05, 0) is 47.7 Å². The van der Waals surface area contributed by atoms with E-state index in [1.54, 1.807) is 30.3 Å². The highest BCUT2D eigenvalue weighted by atomic mass is 79.9. The summed E-state index contributed by atoms with van der Waals surface area (Å²) in [5.41, 5.74) is 0.331. The molecule has 0 radical (unpaired) electrons. The van der Waals surface area contributed by atoms with Crippen molar-refractivity contribution in [3.05, 3.63) is 67.9 Å². The van der Waals surface area contributed by atoms with Crippen LogP contribution in [0.2, 0.25) is 5.02 Å². The van der Waals surface area contributed by atoms with Gasteiger partial charge in [-0.2, -0.15) is 5.21 Å². The zero-order valence-electron chi connectivity index (χ0n) is 13.4. The second-order valence-electron chi connectivity index (χ2n) is 5.51. The molecule has 10 heteroatoms. The highest BCUT2D eigenvalue weighted by Crippen LogP contribution is 2.28. The smallest absolute Gasteiger partial charge is 0.349 e. The van der Waals surface area contributed by atoms with Crippen molar-refractivity contribution in [2.24, 2.45) is 0 Å². The number of nitrogens with zero attached hydrogens (tertiary/aromatic N) is 3. The Kier molecular flexibility index (Phi) is 4.46. The average Bonchev–Trinajstić information content (AvgIpc) is 3.16. The number of anilines is 1. The van der Waals surface area contributed by atoms with E-state index in [2.05, 4.69) is 41.9 Å². The Morgan fingerprint density at radius 2 is 2.04 bits per heavy atom. The number of nitrogens with one attached hydrogen (secondary N) is 2. The Labute approximate surface area is 164 Å². The molecule has 2 N–H and O–H groups in total. The third kappa shape index (κ3) is 3.46. The highest BCUT2D eigenvalue weighted by Gasteiger charge is 2.17. The van der Waals surface area contributed by atoms with Gasteiger partial charge in [0.15, 0.2) is 0 Å². The minimum Gasteiger partial charge on any atom is -0.422 e. The number of aromatic amines is 1. The number of benzene rings is 2. The highest BCUT2D eigenvalue weighted by molar-refractivity contribution is 9.10. The van der Waals surface area contributed by atoms with E-state index in [1.165, 1.54) is 12.1 Å². The number of rotatable bonds is 3. The van der Waals surface area contributed by atoms with Crippen LogP contribution >= 0.6 is 27.5 Å². The van der Waals surface area contributed by atoms with Crippen LogP contribution in [0.1, 0.15) is 10.4 Å². The van der Waals surface area contributed by atoms with Crippen LogP contribution in [0.3, 0.4) is 0 Å². The minimum atomic E-state index is -0.745. The van der Waals surface area contributed by atoms with E-state index in [9.17, 15) is 9.59 Å². The Bertz CT molecular complexity index is 1220. The summed E-state index contributed by atoms with van der Waals surface area (Å²) in [4.78, 5) is 24.9. The van der Waals surface area contributed by atoms with Gasteiger partial charge in [0, 0.05) is 20.4 Å². The first-order valence-electron chi connectivity index (χ1n) is 7.59. The van der Waals surface area contributed by atoms with Crippen molar-refractivity contribution in [3.63, 3.8) is 0 Å². The second-order valence-corrected chi connectivity index (χ2v) is 6.86. The van der Waals surface area contributed by atoms with Gasteiger partial charge in [0.2, 0.25) is 5.82 Å². The first-order chi connectivity index (χ1) is 13.0. The van der Waals surface area contributed by atoms with Gasteiger partial charge < -0.3 is 9.73 Å². The molecule has 27 heavy (non-hydrogen) atoms. The number of H-pyrrole nitrogens is 1. The molecule has 0 aliphatic heterocycles. The molecule has 0 aliphatic carbocycles. The molecule has 2 heterocycles. The van der Waals surface area contributed by atoms with E-state index in [1.807, 2.05) is 0 Å². The predicted molar refractivity (Wildman–Crippen MR) is 103 cm³/mol. The molecule has 0 atom stereocenters. The molecule has 134 valence electrons. The van der Waals surface area contributed by atoms with Gasteiger partial charge in [0.1, 0.15) is 11.1 Å². The van der Waals surface area contributed by atoms with Crippen molar-refractivity contribution in [2.75, 3.05) is 5.32 Å². The van der Waals surface area contributed by atoms with Gasteiger partial charge in [-0.3, -0.25) is 4.79 Å². The summed E-state index contributed by atoms with van der Waals surface area (Å²) < 4.78 is 6.03. The number of hydrogen-bond acceptors (Lipinski definition) is 6. The number of fused-ring (bicyclic) bond motifs is 1. The Hall–Kier alpha value is -3.04. The SMILES string of the molecule is O=C(Nc1cc(Cl)ccc1-c1nn[nH]n1)c1cc2cc(Br)ccc2oc1=O. The van der Waals surface area contributed by atoms with Crippen LogP contribution in [-0.2, 0) is 0 Å². The number of tetrazole rings is 1. The number of carbonyl (C=O) groups excluding carboxylic acids is 1. The molecular weight excluding hydrogens is 438 g/mol. The van der Waals surface area contributed by atoms with Crippen LogP contribution in [0.5, 0.6) is 0 Å². The van der Waals surface area contributed by atoms with Crippen molar-refractivity contribution < 1.29 is 9.21 Å². The monoisotopic (exact) mass is 445 g/mol. The summed E-state index contributed by atoms with van der Waals surface area (Å²) in [6.45, 7) is 0. The third-order valence-electron chi connectivity index (χ3n) is 3.75. The van der Waals surface area contributed by atoms with E-state index in [-0.39, 0.29) is 11.4 Å². The molecule has 2 aromatic heterocycles. The van der Waals surface area contributed by atoms with Gasteiger partial charge in [-0.25, -0.2) is 4.79 Å². The third-order valence-corrected chi connectivity index (χ3v) is 4.48. The maximum atomic E-state index is 12.7. The fourth-order valence-corrected chi connectivity index (χ4v) is 3.08. The van der Waals surface area contributed by atoms with E-state index >= 15 is 0 Å². The number of hydrogen-bond donors (Lipinski definition) is 2. The summed E-state index contributed by atoms with van der Waals surface area (Å²) in [7, 11) is 0. The van der Waals surface area contributed by atoms with Crippen molar-refractivity contribution in [1.82, 2.24) is 20.6 Å². The minimum absolute atomic E-state index is 0.139. The number of aromatic nitrogens is 4. The quantitative estimate of drug-likeness (QED) is 0.464. The van der Waals surface area contributed by atoms with Gasteiger partial charge >= 0.3 is 5.63 Å². The largest absolute Gasteiger partial charge is 0.422 e. The summed E-state index contributed by atoms with van der Waals surface area (Å²) in [6, 6.07) is 11.4. The number of carbonyl (C=O) groups is 1. The lowest BCUT2D eigenvalue weighted by Crippen LogP contribution is -2.21. The molecular formula is C17H9BrClN5O3. The van der Waals surface area contributed by atoms with Crippen LogP contribution in [0.4, 0.5) is 5.69 Å². The molecule has 2 aromatic carbocycles. The van der Waals surface area contributed by atoms with Crippen LogP contribution in [-0.4, -0.2) is 26.5 Å². The predicted octanol–water partition coefficient (Wildman–Crippen LogP) is 3.64. The first kappa shape index (κ1) is 17.4. The fraction of sp³-hybridized carbons (Fsp3) is 0. The Balaban J connectivity index is 1.75. The van der Waals surface area contributed by atoms with Crippen LogP contribution in [0, 0.1) is 0 Å². The van der Waals surface area contributed by atoms with Gasteiger partial charge in [0.25, 0.3) is 5.91 Å². The van der Waals surface area contributed by atoms with E-state index in [0.29, 0.717) is 27.2 Å². The lowest BCUT2D eigenvalue weighted by Gasteiger charge is -2.09. The molecule has 8 nitrogen and oxygen atoms in total. The topological polar surface area (TPSA) is 114 Å². The molecule has 0 aliphatic rings. The van der Waals surface area contributed by atoms with Crippen LogP contribution < -0.4 is 10.9 Å². The van der Waals surface area contributed by atoms with E-state index in [4.69, 9.17) is 16.0 Å². The van der Waals surface area contributed by atoms with Crippen molar-refractivity contribution in [1.29, 1.82) is 0 Å². The summed E-state index contributed by atoms with van der Waals surface area (Å²) in [5.74, 6) is -0.367. The van der Waals surface area contributed by atoms with Gasteiger partial charge in [-0.15, -0.1) is 10.2 Å². The molecule has 4 rings (SSSR count). The molecule has 0 spiro atoms. The Morgan fingerprint density at radius 1 is 1.19 bits per heavy atom. The van der Waals surface area contributed by atoms with Crippen LogP contribution in [0.25, 0.3) is 22.4 Å². The second kappa shape index (κ2) is 6.93. The lowest BCUT2D eigenvalue weighted by atomic mass is 10.1. The Morgan fingerprint density at radius 3 is 2.81 bits per heavy atom. The lowest BCUT2D eigenvalue weighted by molar-refractivity contribution is 0.102. The van der Waals surface area contributed by atoms with Crippen molar-refractivity contribution in [3.8, 4) is 11.4 Å². The van der Waals surface area contributed by atoms with Crippen molar-refractivity contribution in [2.45, 2.75) is 0 Å². The zero-order chi connectivity index (χ0) is 19.0. The molecule has 0 bridgehead atoms. The zero-order valence-corrected chi connectivity index (χ0v) is 15.7. The molecule has 0 saturated heterocycles. The van der Waals surface area contributed by atoms with Gasteiger partial charge in [0.05, 0.1) is 5.69 Å².